The van der Waals surface area contributed by atoms with E-state index < -0.39 is 0 Å². The van der Waals surface area contributed by atoms with Crippen LogP contribution >= 0.6 is 27.3 Å². The van der Waals surface area contributed by atoms with Crippen molar-refractivity contribution in [3.05, 3.63) is 32.3 Å². The molecule has 56 valence electrons. The molecule has 1 N–H and O–H groups in total. The van der Waals surface area contributed by atoms with Crippen molar-refractivity contribution in [3.8, 4) is 0 Å². The first-order chi connectivity index (χ1) is 5.27. The van der Waals surface area contributed by atoms with Crippen molar-refractivity contribution in [2.24, 2.45) is 0 Å². The highest BCUT2D eigenvalue weighted by Gasteiger charge is 1.99. The predicted octanol–water partition coefficient (Wildman–Crippen LogP) is 2.35. The molecule has 0 saturated carbocycles. The minimum Gasteiger partial charge on any atom is -0.314 e. The Labute approximate surface area is 75.0 Å². The summed E-state index contributed by atoms with van der Waals surface area (Å²) in [5.74, 6) is 0. The molecule has 11 heavy (non-hydrogen) atoms. The van der Waals surface area contributed by atoms with Crippen LogP contribution in [0.25, 0.3) is 10.2 Å². The van der Waals surface area contributed by atoms with E-state index >= 15 is 0 Å². The third-order valence-corrected chi connectivity index (χ3v) is 3.29. The normalized spacial score (nSPS) is 10.6. The maximum Gasteiger partial charge on any atom is 0.249 e. The van der Waals surface area contributed by atoms with Gasteiger partial charge in [0.1, 0.15) is 4.83 Å². The molecule has 2 rings (SSSR count). The van der Waals surface area contributed by atoms with Gasteiger partial charge < -0.3 is 4.98 Å². The second-order valence-electron chi connectivity index (χ2n) is 2.15. The smallest absolute Gasteiger partial charge is 0.249 e. The van der Waals surface area contributed by atoms with Gasteiger partial charge in [-0.1, -0.05) is 0 Å². The van der Waals surface area contributed by atoms with Crippen LogP contribution in [0.15, 0.2) is 26.8 Å². The van der Waals surface area contributed by atoms with Crippen LogP contribution in [0, 0.1) is 0 Å². The molecule has 0 aromatic carbocycles. The molecule has 0 aliphatic carbocycles. The van der Waals surface area contributed by atoms with Crippen molar-refractivity contribution in [2.75, 3.05) is 0 Å². The van der Waals surface area contributed by atoms with Crippen LogP contribution in [0.1, 0.15) is 0 Å². The van der Waals surface area contributed by atoms with Gasteiger partial charge >= 0.3 is 0 Å². The fourth-order valence-electron chi connectivity index (χ4n) is 0.911. The van der Waals surface area contributed by atoms with E-state index in [1.807, 2.05) is 11.4 Å². The van der Waals surface area contributed by atoms with Gasteiger partial charge in [-0.05, 0) is 22.0 Å². The molecular weight excluding hydrogens is 226 g/mol. The maximum atomic E-state index is 10.8. The Morgan fingerprint density at radius 2 is 2.27 bits per heavy atom. The first kappa shape index (κ1) is 7.06. The third-order valence-electron chi connectivity index (χ3n) is 1.42. The van der Waals surface area contributed by atoms with E-state index in [2.05, 4.69) is 20.9 Å². The Morgan fingerprint density at radius 1 is 1.45 bits per heavy atom. The predicted molar refractivity (Wildman–Crippen MR) is 50.1 cm³/mol. The van der Waals surface area contributed by atoms with Crippen LogP contribution in [0.2, 0.25) is 0 Å². The van der Waals surface area contributed by atoms with Gasteiger partial charge in [0.25, 0.3) is 0 Å². The highest BCUT2D eigenvalue weighted by Crippen LogP contribution is 2.26. The summed E-state index contributed by atoms with van der Waals surface area (Å²) < 4.78 is 1.04. The Hall–Kier alpha value is -0.610. The third kappa shape index (κ3) is 1.12. The molecule has 2 heterocycles. The molecule has 4 heteroatoms. The van der Waals surface area contributed by atoms with Gasteiger partial charge in [-0.3, -0.25) is 4.79 Å². The number of aromatic amines is 1. The largest absolute Gasteiger partial charge is 0.314 e. The maximum absolute atomic E-state index is 10.8. The average Bonchev–Trinajstić information content (AvgIpc) is 2.32. The summed E-state index contributed by atoms with van der Waals surface area (Å²) in [6, 6.07) is 3.34. The van der Waals surface area contributed by atoms with Crippen molar-refractivity contribution in [1.29, 1.82) is 0 Å². The Kier molecular flexibility index (Phi) is 1.58. The summed E-state index contributed by atoms with van der Waals surface area (Å²) >= 11 is 4.91. The van der Waals surface area contributed by atoms with Crippen molar-refractivity contribution >= 4 is 37.5 Å². The van der Waals surface area contributed by atoms with Gasteiger partial charge in [0.15, 0.2) is 0 Å². The fourth-order valence-corrected chi connectivity index (χ4v) is 2.47. The van der Waals surface area contributed by atoms with Crippen LogP contribution in [0.4, 0.5) is 0 Å². The standard InChI is InChI=1S/C7H4BrNOS/c8-5-3-11-7-4(5)1-2-6(10)9-7/h1-3H,(H,9,10). The first-order valence-electron chi connectivity index (χ1n) is 3.03. The molecule has 2 aromatic heterocycles. The molecule has 0 bridgehead atoms. The van der Waals surface area contributed by atoms with E-state index in [-0.39, 0.29) is 5.56 Å². The summed E-state index contributed by atoms with van der Waals surface area (Å²) in [7, 11) is 0. The van der Waals surface area contributed by atoms with Crippen LogP contribution in [-0.2, 0) is 0 Å². The molecular formula is C7H4BrNOS. The quantitative estimate of drug-likeness (QED) is 0.740. The SMILES string of the molecule is O=c1ccc2c(Br)csc2[nH]1. The molecule has 0 aliphatic rings. The fraction of sp³-hybridized carbons (Fsp3) is 0. The Morgan fingerprint density at radius 3 is 3.09 bits per heavy atom. The van der Waals surface area contributed by atoms with Gasteiger partial charge in [0.2, 0.25) is 5.56 Å². The molecule has 0 atom stereocenters. The minimum atomic E-state index is -0.0492. The van der Waals surface area contributed by atoms with Gasteiger partial charge in [0.05, 0.1) is 0 Å². The van der Waals surface area contributed by atoms with Crippen molar-refractivity contribution < 1.29 is 0 Å². The van der Waals surface area contributed by atoms with E-state index in [0.29, 0.717) is 0 Å². The topological polar surface area (TPSA) is 32.9 Å². The average molecular weight is 230 g/mol. The lowest BCUT2D eigenvalue weighted by atomic mass is 10.3. The molecule has 0 radical (unpaired) electrons. The number of fused-ring (bicyclic) bond motifs is 1. The lowest BCUT2D eigenvalue weighted by Crippen LogP contribution is -2.00. The molecule has 0 amide bonds. The highest BCUT2D eigenvalue weighted by molar-refractivity contribution is 9.10. The number of rotatable bonds is 0. The van der Waals surface area contributed by atoms with Crippen molar-refractivity contribution in [2.45, 2.75) is 0 Å². The summed E-state index contributed by atoms with van der Waals surface area (Å²) in [5.41, 5.74) is -0.0492. The summed E-state index contributed by atoms with van der Waals surface area (Å²) in [6.07, 6.45) is 0. The number of hydrogen-bond donors (Lipinski definition) is 1. The summed E-state index contributed by atoms with van der Waals surface area (Å²) in [6.45, 7) is 0. The van der Waals surface area contributed by atoms with Gasteiger partial charge in [-0.15, -0.1) is 11.3 Å². The lowest BCUT2D eigenvalue weighted by Gasteiger charge is -1.86. The summed E-state index contributed by atoms with van der Waals surface area (Å²) in [5, 5.41) is 3.02. The van der Waals surface area contributed by atoms with E-state index in [1.165, 1.54) is 17.4 Å². The highest BCUT2D eigenvalue weighted by atomic mass is 79.9. The number of aromatic nitrogens is 1. The zero-order valence-electron chi connectivity index (χ0n) is 5.43. The lowest BCUT2D eigenvalue weighted by molar-refractivity contribution is 1.33. The Bertz CT molecular complexity index is 445. The van der Waals surface area contributed by atoms with E-state index in [0.717, 1.165) is 14.7 Å². The van der Waals surface area contributed by atoms with Gasteiger partial charge in [-0.2, -0.15) is 0 Å². The zero-order valence-corrected chi connectivity index (χ0v) is 7.83. The number of nitrogens with one attached hydrogen (secondary N) is 1. The molecule has 0 fully saturated rings. The first-order valence-corrected chi connectivity index (χ1v) is 4.70. The number of thiophene rings is 1. The zero-order chi connectivity index (χ0) is 7.84. The van der Waals surface area contributed by atoms with E-state index in [1.54, 1.807) is 0 Å². The molecule has 0 unspecified atom stereocenters. The van der Waals surface area contributed by atoms with Crippen molar-refractivity contribution in [1.82, 2.24) is 4.98 Å². The minimum absolute atomic E-state index is 0.0492. The summed E-state index contributed by atoms with van der Waals surface area (Å²) in [4.78, 5) is 14.5. The molecule has 2 aromatic rings. The van der Waals surface area contributed by atoms with Crippen LogP contribution < -0.4 is 5.56 Å². The monoisotopic (exact) mass is 229 g/mol. The Balaban J connectivity index is 2.96. The van der Waals surface area contributed by atoms with Crippen molar-refractivity contribution in [3.63, 3.8) is 0 Å². The molecule has 0 spiro atoms. The number of halogens is 1. The molecule has 2 nitrogen and oxygen atoms in total. The molecule has 0 saturated heterocycles. The van der Waals surface area contributed by atoms with Crippen LogP contribution in [0.5, 0.6) is 0 Å². The van der Waals surface area contributed by atoms with Gasteiger partial charge in [-0.25, -0.2) is 0 Å². The second kappa shape index (κ2) is 2.46. The van der Waals surface area contributed by atoms with E-state index in [4.69, 9.17) is 0 Å². The van der Waals surface area contributed by atoms with Crippen LogP contribution in [0.3, 0.4) is 0 Å². The number of H-pyrrole nitrogens is 1. The number of pyridine rings is 1. The van der Waals surface area contributed by atoms with Gasteiger partial charge in [0, 0.05) is 21.3 Å². The second-order valence-corrected chi connectivity index (χ2v) is 3.88. The molecule has 0 aliphatic heterocycles. The van der Waals surface area contributed by atoms with E-state index in [9.17, 15) is 4.79 Å². The number of hydrogen-bond acceptors (Lipinski definition) is 2. The van der Waals surface area contributed by atoms with Crippen LogP contribution in [-0.4, -0.2) is 4.98 Å².